The van der Waals surface area contributed by atoms with E-state index in [9.17, 15) is 14.9 Å². The quantitative estimate of drug-likeness (QED) is 0.465. The molecule has 27 heavy (non-hydrogen) atoms. The molecular weight excluding hydrogens is 362 g/mol. The highest BCUT2D eigenvalue weighted by Gasteiger charge is 2.13. The van der Waals surface area contributed by atoms with Crippen LogP contribution in [-0.2, 0) is 6.54 Å². The number of carbonyl (C=O) groups excluding carboxylic acids is 1. The molecule has 140 valence electrons. The molecule has 3 rings (SSSR count). The van der Waals surface area contributed by atoms with Crippen molar-refractivity contribution in [2.75, 3.05) is 0 Å². The summed E-state index contributed by atoms with van der Waals surface area (Å²) in [5.41, 5.74) is 2.39. The molecule has 3 aromatic rings. The molecule has 0 spiro atoms. The summed E-state index contributed by atoms with van der Waals surface area (Å²) in [6.45, 7) is 7.12. The normalized spacial score (nSPS) is 12.1. The predicted octanol–water partition coefficient (Wildman–Crippen LogP) is 4.89. The number of rotatable bonds is 5. The SMILES string of the molecule is CCCn1c(=NC(=O)c2cccc([N+](=O)[O-])c2)sc2cc(C(C)C)ccc21. The first-order valence-electron chi connectivity index (χ1n) is 8.87. The van der Waals surface area contributed by atoms with Crippen molar-refractivity contribution in [1.29, 1.82) is 0 Å². The summed E-state index contributed by atoms with van der Waals surface area (Å²) in [6.07, 6.45) is 0.913. The molecule has 0 N–H and O–H groups in total. The van der Waals surface area contributed by atoms with Crippen LogP contribution >= 0.6 is 11.3 Å². The third-order valence-electron chi connectivity index (χ3n) is 4.32. The first kappa shape index (κ1) is 19.0. The van der Waals surface area contributed by atoms with Gasteiger partial charge < -0.3 is 4.57 Å². The third kappa shape index (κ3) is 3.98. The molecule has 7 heteroatoms. The van der Waals surface area contributed by atoms with Crippen molar-refractivity contribution in [3.8, 4) is 0 Å². The smallest absolute Gasteiger partial charge is 0.279 e. The van der Waals surface area contributed by atoms with E-state index in [0.717, 1.165) is 23.2 Å². The Kier molecular flexibility index (Phi) is 5.51. The van der Waals surface area contributed by atoms with E-state index in [1.165, 1.54) is 35.1 Å². The fourth-order valence-electron chi connectivity index (χ4n) is 2.88. The number of thiazole rings is 1. The van der Waals surface area contributed by atoms with Crippen molar-refractivity contribution in [1.82, 2.24) is 4.57 Å². The number of nitrogens with zero attached hydrogens (tertiary/aromatic N) is 3. The van der Waals surface area contributed by atoms with Gasteiger partial charge in [0.15, 0.2) is 4.80 Å². The number of benzene rings is 2. The lowest BCUT2D eigenvalue weighted by Gasteiger charge is -2.06. The van der Waals surface area contributed by atoms with E-state index < -0.39 is 10.8 Å². The minimum atomic E-state index is -0.513. The van der Waals surface area contributed by atoms with Crippen molar-refractivity contribution in [3.63, 3.8) is 0 Å². The molecule has 0 atom stereocenters. The number of carbonyl (C=O) groups is 1. The topological polar surface area (TPSA) is 77.5 Å². The van der Waals surface area contributed by atoms with Gasteiger partial charge in [0.1, 0.15) is 0 Å². The Morgan fingerprint density at radius 3 is 2.70 bits per heavy atom. The Bertz CT molecular complexity index is 1080. The van der Waals surface area contributed by atoms with Gasteiger partial charge in [0.2, 0.25) is 0 Å². The molecule has 0 unspecified atom stereocenters. The second kappa shape index (κ2) is 7.84. The van der Waals surface area contributed by atoms with Gasteiger partial charge in [-0.1, -0.05) is 44.2 Å². The van der Waals surface area contributed by atoms with Gasteiger partial charge in [0, 0.05) is 24.2 Å². The number of hydrogen-bond acceptors (Lipinski definition) is 4. The van der Waals surface area contributed by atoms with E-state index in [4.69, 9.17) is 0 Å². The van der Waals surface area contributed by atoms with Crippen molar-refractivity contribution >= 4 is 33.1 Å². The predicted molar refractivity (Wildman–Crippen MR) is 107 cm³/mol. The maximum Gasteiger partial charge on any atom is 0.279 e. The number of nitro groups is 1. The average Bonchev–Trinajstić information content (AvgIpc) is 2.98. The molecule has 0 fully saturated rings. The summed E-state index contributed by atoms with van der Waals surface area (Å²) in [5.74, 6) is -0.0535. The molecule has 2 aromatic carbocycles. The van der Waals surface area contributed by atoms with Crippen LogP contribution < -0.4 is 4.80 Å². The van der Waals surface area contributed by atoms with Gasteiger partial charge in [0.25, 0.3) is 11.6 Å². The first-order chi connectivity index (χ1) is 12.9. The van der Waals surface area contributed by atoms with E-state index in [1.807, 2.05) is 4.57 Å². The minimum Gasteiger partial charge on any atom is -0.316 e. The Balaban J connectivity index is 2.11. The Morgan fingerprint density at radius 2 is 2.04 bits per heavy atom. The lowest BCUT2D eigenvalue weighted by atomic mass is 10.0. The third-order valence-corrected chi connectivity index (χ3v) is 5.36. The van der Waals surface area contributed by atoms with Gasteiger partial charge >= 0.3 is 0 Å². The van der Waals surface area contributed by atoms with Crippen LogP contribution in [0.15, 0.2) is 47.5 Å². The molecule has 1 amide bonds. The number of non-ortho nitro benzene ring substituents is 1. The number of fused-ring (bicyclic) bond motifs is 1. The molecule has 0 aliphatic rings. The molecule has 0 radical (unpaired) electrons. The molecule has 0 saturated carbocycles. The zero-order chi connectivity index (χ0) is 19.6. The van der Waals surface area contributed by atoms with Crippen LogP contribution in [0.3, 0.4) is 0 Å². The molecule has 0 bridgehead atoms. The second-order valence-corrected chi connectivity index (χ2v) is 7.65. The van der Waals surface area contributed by atoms with Gasteiger partial charge in [-0.15, -0.1) is 0 Å². The first-order valence-corrected chi connectivity index (χ1v) is 9.69. The summed E-state index contributed by atoms with van der Waals surface area (Å²) in [5, 5.41) is 10.9. The van der Waals surface area contributed by atoms with E-state index in [2.05, 4.69) is 44.0 Å². The fraction of sp³-hybridized carbons (Fsp3) is 0.300. The number of nitro benzene ring substituents is 1. The van der Waals surface area contributed by atoms with Crippen LogP contribution in [0.4, 0.5) is 5.69 Å². The molecule has 6 nitrogen and oxygen atoms in total. The second-order valence-electron chi connectivity index (χ2n) is 6.64. The summed E-state index contributed by atoms with van der Waals surface area (Å²) >= 11 is 1.47. The van der Waals surface area contributed by atoms with Gasteiger partial charge in [-0.2, -0.15) is 4.99 Å². The highest BCUT2D eigenvalue weighted by atomic mass is 32.1. The maximum absolute atomic E-state index is 12.6. The Hall–Kier alpha value is -2.80. The zero-order valence-corrected chi connectivity index (χ0v) is 16.3. The van der Waals surface area contributed by atoms with Crippen LogP contribution in [0.1, 0.15) is 49.0 Å². The molecule has 1 aromatic heterocycles. The number of hydrogen-bond donors (Lipinski definition) is 0. The largest absolute Gasteiger partial charge is 0.316 e. The summed E-state index contributed by atoms with van der Waals surface area (Å²) < 4.78 is 3.12. The lowest BCUT2D eigenvalue weighted by molar-refractivity contribution is -0.384. The van der Waals surface area contributed by atoms with Crippen molar-refractivity contribution in [2.24, 2.45) is 4.99 Å². The summed E-state index contributed by atoms with van der Waals surface area (Å²) in [6, 6.07) is 12.0. The van der Waals surface area contributed by atoms with E-state index in [0.29, 0.717) is 10.7 Å². The van der Waals surface area contributed by atoms with Gasteiger partial charge in [-0.25, -0.2) is 0 Å². The number of amides is 1. The van der Waals surface area contributed by atoms with E-state index in [1.54, 1.807) is 6.07 Å². The molecular formula is C20H21N3O3S. The van der Waals surface area contributed by atoms with Gasteiger partial charge in [0.05, 0.1) is 15.1 Å². The van der Waals surface area contributed by atoms with Crippen molar-refractivity contribution in [3.05, 3.63) is 68.5 Å². The average molecular weight is 383 g/mol. The number of aromatic nitrogens is 1. The number of aryl methyl sites for hydroxylation is 1. The van der Waals surface area contributed by atoms with Crippen LogP contribution in [0.5, 0.6) is 0 Å². The van der Waals surface area contributed by atoms with Crippen LogP contribution in [0.25, 0.3) is 10.2 Å². The Labute approximate surface area is 161 Å². The van der Waals surface area contributed by atoms with Crippen molar-refractivity contribution < 1.29 is 9.72 Å². The van der Waals surface area contributed by atoms with Gasteiger partial charge in [-0.3, -0.25) is 14.9 Å². The zero-order valence-electron chi connectivity index (χ0n) is 15.5. The molecule has 1 heterocycles. The summed E-state index contributed by atoms with van der Waals surface area (Å²) in [7, 11) is 0. The molecule has 0 aliphatic heterocycles. The monoisotopic (exact) mass is 383 g/mol. The standard InChI is InChI=1S/C20H21N3O3S/c1-4-10-22-17-9-8-14(13(2)3)12-18(17)27-20(22)21-19(24)15-6-5-7-16(11-15)23(25)26/h5-9,11-13H,4,10H2,1-3H3. The highest BCUT2D eigenvalue weighted by Crippen LogP contribution is 2.24. The molecule has 0 saturated heterocycles. The van der Waals surface area contributed by atoms with E-state index in [-0.39, 0.29) is 11.3 Å². The van der Waals surface area contributed by atoms with Crippen LogP contribution in [0, 0.1) is 10.1 Å². The maximum atomic E-state index is 12.6. The van der Waals surface area contributed by atoms with Crippen molar-refractivity contribution in [2.45, 2.75) is 39.7 Å². The fourth-order valence-corrected chi connectivity index (χ4v) is 3.98. The van der Waals surface area contributed by atoms with Crippen LogP contribution in [0.2, 0.25) is 0 Å². The van der Waals surface area contributed by atoms with E-state index >= 15 is 0 Å². The van der Waals surface area contributed by atoms with Crippen LogP contribution in [-0.4, -0.2) is 15.4 Å². The summed E-state index contributed by atoms with van der Waals surface area (Å²) in [4.78, 5) is 27.9. The Morgan fingerprint density at radius 1 is 1.26 bits per heavy atom. The minimum absolute atomic E-state index is 0.115. The highest BCUT2D eigenvalue weighted by molar-refractivity contribution is 7.16. The lowest BCUT2D eigenvalue weighted by Crippen LogP contribution is -2.16. The molecule has 0 aliphatic carbocycles. The van der Waals surface area contributed by atoms with Gasteiger partial charge in [-0.05, 0) is 36.1 Å².